The van der Waals surface area contributed by atoms with Crippen LogP contribution in [0.1, 0.15) is 64.2 Å². The first-order chi connectivity index (χ1) is 9.70. The third kappa shape index (κ3) is 4.45. The fraction of sp³-hybridized carbons (Fsp3) is 0.938. The molecule has 2 atom stereocenters. The molecule has 2 saturated carbocycles. The average Bonchev–Trinajstić information content (AvgIpc) is 2.96. The molecule has 0 heterocycles. The van der Waals surface area contributed by atoms with Crippen molar-refractivity contribution in [3.63, 3.8) is 0 Å². The largest absolute Gasteiger partial charge is 0.395 e. The molecule has 116 valence electrons. The van der Waals surface area contributed by atoms with Crippen molar-refractivity contribution in [3.8, 4) is 0 Å². The molecule has 0 aromatic rings. The van der Waals surface area contributed by atoms with Crippen LogP contribution in [0.15, 0.2) is 0 Å². The lowest BCUT2D eigenvalue weighted by atomic mass is 9.83. The molecule has 4 nitrogen and oxygen atoms in total. The van der Waals surface area contributed by atoms with E-state index in [9.17, 15) is 9.90 Å². The molecule has 4 heteroatoms. The monoisotopic (exact) mass is 282 g/mol. The zero-order valence-corrected chi connectivity index (χ0v) is 12.6. The number of carbonyl (C=O) groups excluding carboxylic acids is 1. The first kappa shape index (κ1) is 15.8. The molecular weight excluding hydrogens is 252 g/mol. The SMILES string of the molecule is NC1CCCC(CCC(=O)N(CCO)C2CCCC2)C1. The second-order valence-electron chi connectivity index (χ2n) is 6.58. The minimum absolute atomic E-state index is 0.0799. The number of nitrogens with zero attached hydrogens (tertiary/aromatic N) is 1. The van der Waals surface area contributed by atoms with Crippen LogP contribution in [-0.4, -0.2) is 41.1 Å². The molecule has 0 saturated heterocycles. The van der Waals surface area contributed by atoms with E-state index in [2.05, 4.69) is 0 Å². The van der Waals surface area contributed by atoms with Gasteiger partial charge in [0.05, 0.1) is 6.61 Å². The number of hydrogen-bond acceptors (Lipinski definition) is 3. The minimum Gasteiger partial charge on any atom is -0.395 e. The van der Waals surface area contributed by atoms with Crippen molar-refractivity contribution in [2.75, 3.05) is 13.2 Å². The van der Waals surface area contributed by atoms with Crippen molar-refractivity contribution in [3.05, 3.63) is 0 Å². The van der Waals surface area contributed by atoms with Crippen LogP contribution in [-0.2, 0) is 4.79 Å². The van der Waals surface area contributed by atoms with Gasteiger partial charge >= 0.3 is 0 Å². The first-order valence-electron chi connectivity index (χ1n) is 8.36. The van der Waals surface area contributed by atoms with Crippen molar-refractivity contribution in [2.24, 2.45) is 11.7 Å². The van der Waals surface area contributed by atoms with Crippen molar-refractivity contribution in [1.82, 2.24) is 4.90 Å². The van der Waals surface area contributed by atoms with Gasteiger partial charge in [-0.1, -0.05) is 25.7 Å². The lowest BCUT2D eigenvalue weighted by Crippen LogP contribution is -2.41. The van der Waals surface area contributed by atoms with Crippen LogP contribution >= 0.6 is 0 Å². The van der Waals surface area contributed by atoms with Crippen LogP contribution in [0.4, 0.5) is 0 Å². The Morgan fingerprint density at radius 1 is 1.15 bits per heavy atom. The summed E-state index contributed by atoms with van der Waals surface area (Å²) in [4.78, 5) is 14.4. The Kier molecular flexibility index (Phi) is 6.30. The molecule has 0 aliphatic heterocycles. The van der Waals surface area contributed by atoms with Crippen molar-refractivity contribution in [1.29, 1.82) is 0 Å². The second-order valence-corrected chi connectivity index (χ2v) is 6.58. The van der Waals surface area contributed by atoms with Crippen LogP contribution in [0.5, 0.6) is 0 Å². The molecule has 0 spiro atoms. The van der Waals surface area contributed by atoms with E-state index < -0.39 is 0 Å². The van der Waals surface area contributed by atoms with E-state index in [0.29, 0.717) is 31.0 Å². The number of amides is 1. The van der Waals surface area contributed by atoms with Gasteiger partial charge in [0.1, 0.15) is 0 Å². The van der Waals surface area contributed by atoms with Gasteiger partial charge in [-0.3, -0.25) is 4.79 Å². The van der Waals surface area contributed by atoms with Gasteiger partial charge < -0.3 is 15.7 Å². The standard InChI is InChI=1S/C16H30N2O2/c17-14-5-3-4-13(12-14)8-9-16(20)18(10-11-19)15-6-1-2-7-15/h13-15,19H,1-12,17H2. The number of aliphatic hydroxyl groups excluding tert-OH is 1. The van der Waals surface area contributed by atoms with Crippen LogP contribution in [0, 0.1) is 5.92 Å². The van der Waals surface area contributed by atoms with E-state index >= 15 is 0 Å². The molecule has 2 fully saturated rings. The van der Waals surface area contributed by atoms with Gasteiger partial charge in [0.25, 0.3) is 0 Å². The third-order valence-corrected chi connectivity index (χ3v) is 5.02. The summed E-state index contributed by atoms with van der Waals surface area (Å²) in [6, 6.07) is 0.718. The topological polar surface area (TPSA) is 66.6 Å². The summed E-state index contributed by atoms with van der Waals surface area (Å²) in [6.45, 7) is 0.588. The maximum atomic E-state index is 12.4. The molecule has 1 amide bonds. The Hall–Kier alpha value is -0.610. The van der Waals surface area contributed by atoms with Gasteiger partial charge in [0, 0.05) is 25.0 Å². The lowest BCUT2D eigenvalue weighted by molar-refractivity contribution is -0.134. The highest BCUT2D eigenvalue weighted by molar-refractivity contribution is 5.76. The van der Waals surface area contributed by atoms with Gasteiger partial charge in [-0.05, 0) is 38.0 Å². The summed E-state index contributed by atoms with van der Waals surface area (Å²) in [6.07, 6.45) is 10.9. The van der Waals surface area contributed by atoms with E-state index in [1.165, 1.54) is 25.7 Å². The van der Waals surface area contributed by atoms with E-state index in [0.717, 1.165) is 32.1 Å². The Morgan fingerprint density at radius 3 is 2.55 bits per heavy atom. The summed E-state index contributed by atoms with van der Waals surface area (Å²) in [5.41, 5.74) is 6.01. The number of hydrogen-bond donors (Lipinski definition) is 2. The van der Waals surface area contributed by atoms with E-state index in [4.69, 9.17) is 5.73 Å². The predicted molar refractivity (Wildman–Crippen MR) is 80.2 cm³/mol. The van der Waals surface area contributed by atoms with Crippen LogP contribution in [0.3, 0.4) is 0 Å². The highest BCUT2D eigenvalue weighted by Gasteiger charge is 2.27. The molecule has 2 aliphatic rings. The summed E-state index contributed by atoms with van der Waals surface area (Å²) in [7, 11) is 0. The lowest BCUT2D eigenvalue weighted by Gasteiger charge is -2.30. The smallest absolute Gasteiger partial charge is 0.222 e. The van der Waals surface area contributed by atoms with Gasteiger partial charge in [0.15, 0.2) is 0 Å². The predicted octanol–water partition coefficient (Wildman–Crippen LogP) is 2.05. The van der Waals surface area contributed by atoms with Crippen molar-refractivity contribution >= 4 is 5.91 Å². The third-order valence-electron chi connectivity index (χ3n) is 5.02. The molecule has 0 radical (unpaired) electrons. The summed E-state index contributed by atoms with van der Waals surface area (Å²) < 4.78 is 0. The van der Waals surface area contributed by atoms with E-state index in [-0.39, 0.29) is 12.5 Å². The summed E-state index contributed by atoms with van der Waals surface area (Å²) in [5.74, 6) is 0.868. The van der Waals surface area contributed by atoms with Gasteiger partial charge in [-0.25, -0.2) is 0 Å². The highest BCUT2D eigenvalue weighted by Crippen LogP contribution is 2.28. The Labute approximate surface area is 122 Å². The Balaban J connectivity index is 1.78. The van der Waals surface area contributed by atoms with Crippen LogP contribution in [0.25, 0.3) is 0 Å². The zero-order chi connectivity index (χ0) is 14.4. The van der Waals surface area contributed by atoms with Gasteiger partial charge in [0.2, 0.25) is 5.91 Å². The maximum Gasteiger partial charge on any atom is 0.222 e. The van der Waals surface area contributed by atoms with Gasteiger partial charge in [-0.2, -0.15) is 0 Å². The Bertz CT molecular complexity index is 303. The average molecular weight is 282 g/mol. The van der Waals surface area contributed by atoms with Crippen molar-refractivity contribution < 1.29 is 9.90 Å². The minimum atomic E-state index is 0.0799. The molecular formula is C16H30N2O2. The molecule has 0 aromatic carbocycles. The molecule has 2 rings (SSSR count). The number of aliphatic hydroxyl groups is 1. The van der Waals surface area contributed by atoms with E-state index in [1.807, 2.05) is 4.90 Å². The van der Waals surface area contributed by atoms with Crippen LogP contribution in [0.2, 0.25) is 0 Å². The molecule has 2 aliphatic carbocycles. The zero-order valence-electron chi connectivity index (χ0n) is 12.6. The molecule has 0 bridgehead atoms. The highest BCUT2D eigenvalue weighted by atomic mass is 16.3. The first-order valence-corrected chi connectivity index (χ1v) is 8.36. The molecule has 20 heavy (non-hydrogen) atoms. The second kappa shape index (κ2) is 7.99. The van der Waals surface area contributed by atoms with E-state index in [1.54, 1.807) is 0 Å². The number of nitrogens with two attached hydrogens (primary N) is 1. The summed E-state index contributed by atoms with van der Waals surface area (Å²) >= 11 is 0. The van der Waals surface area contributed by atoms with Crippen LogP contribution < -0.4 is 5.73 Å². The number of carbonyl (C=O) groups is 1. The Morgan fingerprint density at radius 2 is 1.90 bits per heavy atom. The molecule has 2 unspecified atom stereocenters. The van der Waals surface area contributed by atoms with Gasteiger partial charge in [-0.15, -0.1) is 0 Å². The normalized spacial score (nSPS) is 27.7. The molecule has 0 aromatic heterocycles. The summed E-state index contributed by atoms with van der Waals surface area (Å²) in [5, 5.41) is 9.19. The fourth-order valence-corrected chi connectivity index (χ4v) is 3.90. The number of rotatable bonds is 6. The quantitative estimate of drug-likeness (QED) is 0.783. The molecule has 3 N–H and O–H groups in total. The van der Waals surface area contributed by atoms with Crippen molar-refractivity contribution in [2.45, 2.75) is 76.3 Å². The fourth-order valence-electron chi connectivity index (χ4n) is 3.90. The maximum absolute atomic E-state index is 12.4.